The van der Waals surface area contributed by atoms with Crippen molar-refractivity contribution in [1.29, 1.82) is 0 Å². The van der Waals surface area contributed by atoms with E-state index in [1.165, 1.54) is 0 Å². The van der Waals surface area contributed by atoms with Crippen molar-refractivity contribution in [3.8, 4) is 11.5 Å². The van der Waals surface area contributed by atoms with Crippen molar-refractivity contribution in [1.82, 2.24) is 15.0 Å². The Kier molecular flexibility index (Phi) is 2.99. The zero-order valence-electron chi connectivity index (χ0n) is 12.0. The number of hydrogen-bond acceptors (Lipinski definition) is 4. The van der Waals surface area contributed by atoms with E-state index in [9.17, 15) is 4.79 Å². The predicted molar refractivity (Wildman–Crippen MR) is 76.4 cm³/mol. The maximum atomic E-state index is 15.1. The van der Waals surface area contributed by atoms with Crippen molar-refractivity contribution in [2.45, 2.75) is 24.9 Å². The largest absolute Gasteiger partial charge is 0.339 e. The Hall–Kier alpha value is -2.24. The smallest absolute Gasteiger partial charge is 0.258 e. The topological polar surface area (TPSA) is 59.2 Å². The SMILES string of the molecule is O=C(C1CC1)N1CCC(F)(c2noc(-c3ccccc3)n2)C1. The molecule has 6 heteroatoms. The third kappa shape index (κ3) is 2.28. The van der Waals surface area contributed by atoms with Crippen LogP contribution in [0.5, 0.6) is 0 Å². The molecule has 5 nitrogen and oxygen atoms in total. The predicted octanol–water partition coefficient (Wildman–Crippen LogP) is 2.54. The molecule has 2 fully saturated rings. The summed E-state index contributed by atoms with van der Waals surface area (Å²) < 4.78 is 20.3. The van der Waals surface area contributed by atoms with Gasteiger partial charge in [-0.05, 0) is 25.0 Å². The Morgan fingerprint density at radius 1 is 1.32 bits per heavy atom. The van der Waals surface area contributed by atoms with Gasteiger partial charge >= 0.3 is 0 Å². The quantitative estimate of drug-likeness (QED) is 0.874. The average molecular weight is 301 g/mol. The van der Waals surface area contributed by atoms with Gasteiger partial charge in [0.2, 0.25) is 11.7 Å². The molecule has 0 radical (unpaired) electrons. The monoisotopic (exact) mass is 301 g/mol. The highest BCUT2D eigenvalue weighted by Gasteiger charge is 2.47. The van der Waals surface area contributed by atoms with Crippen LogP contribution in [-0.4, -0.2) is 34.0 Å². The molecular weight excluding hydrogens is 285 g/mol. The number of aromatic nitrogens is 2. The summed E-state index contributed by atoms with van der Waals surface area (Å²) in [4.78, 5) is 17.8. The van der Waals surface area contributed by atoms with E-state index >= 15 is 4.39 Å². The highest BCUT2D eigenvalue weighted by Crippen LogP contribution is 2.39. The number of amides is 1. The second-order valence-corrected chi connectivity index (χ2v) is 6.04. The summed E-state index contributed by atoms with van der Waals surface area (Å²) in [6, 6.07) is 9.27. The number of alkyl halides is 1. The summed E-state index contributed by atoms with van der Waals surface area (Å²) in [6.07, 6.45) is 2.07. The van der Waals surface area contributed by atoms with E-state index in [2.05, 4.69) is 10.1 Å². The molecule has 2 heterocycles. The molecule has 1 atom stereocenters. The van der Waals surface area contributed by atoms with Crippen LogP contribution in [0, 0.1) is 5.92 Å². The molecule has 1 saturated heterocycles. The molecule has 1 aromatic heterocycles. The van der Waals surface area contributed by atoms with Gasteiger partial charge in [0, 0.05) is 24.4 Å². The first-order valence-corrected chi connectivity index (χ1v) is 7.53. The van der Waals surface area contributed by atoms with Crippen LogP contribution in [0.25, 0.3) is 11.5 Å². The third-order valence-electron chi connectivity index (χ3n) is 4.31. The number of carbonyl (C=O) groups is 1. The Labute approximate surface area is 127 Å². The minimum absolute atomic E-state index is 0.0239. The Morgan fingerprint density at radius 2 is 2.09 bits per heavy atom. The van der Waals surface area contributed by atoms with Crippen molar-refractivity contribution in [2.24, 2.45) is 5.92 Å². The van der Waals surface area contributed by atoms with Gasteiger partial charge in [-0.1, -0.05) is 23.4 Å². The molecule has 114 valence electrons. The van der Waals surface area contributed by atoms with Gasteiger partial charge in [-0.15, -0.1) is 0 Å². The van der Waals surface area contributed by atoms with Crippen molar-refractivity contribution < 1.29 is 13.7 Å². The van der Waals surface area contributed by atoms with Crippen LogP contribution in [-0.2, 0) is 10.5 Å². The fourth-order valence-corrected chi connectivity index (χ4v) is 2.84. The van der Waals surface area contributed by atoms with E-state index in [4.69, 9.17) is 4.52 Å². The highest BCUT2D eigenvalue weighted by molar-refractivity contribution is 5.81. The minimum atomic E-state index is -1.71. The van der Waals surface area contributed by atoms with Crippen LogP contribution >= 0.6 is 0 Å². The first-order chi connectivity index (χ1) is 10.7. The van der Waals surface area contributed by atoms with Crippen LogP contribution in [0.2, 0.25) is 0 Å². The summed E-state index contributed by atoms with van der Waals surface area (Å²) in [5.74, 6) is 0.510. The summed E-state index contributed by atoms with van der Waals surface area (Å²) in [5.41, 5.74) is -0.949. The van der Waals surface area contributed by atoms with Crippen LogP contribution in [0.1, 0.15) is 25.1 Å². The van der Waals surface area contributed by atoms with E-state index in [0.717, 1.165) is 18.4 Å². The van der Waals surface area contributed by atoms with Crippen LogP contribution < -0.4 is 0 Å². The lowest BCUT2D eigenvalue weighted by Gasteiger charge is -2.18. The van der Waals surface area contributed by atoms with Gasteiger partial charge in [0.25, 0.3) is 5.89 Å². The van der Waals surface area contributed by atoms with Gasteiger partial charge < -0.3 is 9.42 Å². The van der Waals surface area contributed by atoms with Gasteiger partial charge in [0.15, 0.2) is 5.67 Å². The van der Waals surface area contributed by atoms with Gasteiger partial charge in [0.05, 0.1) is 6.54 Å². The van der Waals surface area contributed by atoms with Gasteiger partial charge in [-0.2, -0.15) is 4.98 Å². The van der Waals surface area contributed by atoms with Crippen LogP contribution in [0.4, 0.5) is 4.39 Å². The average Bonchev–Trinajstić information content (AvgIpc) is 3.12. The maximum absolute atomic E-state index is 15.1. The zero-order valence-corrected chi connectivity index (χ0v) is 12.0. The molecule has 1 aliphatic carbocycles. The highest BCUT2D eigenvalue weighted by atomic mass is 19.1. The minimum Gasteiger partial charge on any atom is -0.339 e. The van der Waals surface area contributed by atoms with E-state index in [0.29, 0.717) is 12.4 Å². The molecule has 2 aromatic rings. The molecule has 1 saturated carbocycles. The molecule has 0 N–H and O–H groups in total. The second-order valence-electron chi connectivity index (χ2n) is 6.04. The van der Waals surface area contributed by atoms with Crippen molar-refractivity contribution in [2.75, 3.05) is 13.1 Å². The molecular formula is C16H16FN3O2. The summed E-state index contributed by atoms with van der Waals surface area (Å²) in [7, 11) is 0. The molecule has 22 heavy (non-hydrogen) atoms. The Balaban J connectivity index is 1.54. The van der Waals surface area contributed by atoms with E-state index in [1.807, 2.05) is 30.3 Å². The normalized spacial score (nSPS) is 24.7. The molecule has 4 rings (SSSR count). The van der Waals surface area contributed by atoms with E-state index in [-0.39, 0.29) is 30.6 Å². The summed E-state index contributed by atoms with van der Waals surface area (Å²) >= 11 is 0. The molecule has 2 aliphatic rings. The fraction of sp³-hybridized carbons (Fsp3) is 0.438. The number of carbonyl (C=O) groups excluding carboxylic acids is 1. The van der Waals surface area contributed by atoms with Crippen LogP contribution in [0.3, 0.4) is 0 Å². The molecule has 1 aliphatic heterocycles. The number of rotatable bonds is 3. The number of benzene rings is 1. The fourth-order valence-electron chi connectivity index (χ4n) is 2.84. The van der Waals surface area contributed by atoms with Crippen molar-refractivity contribution in [3.05, 3.63) is 36.2 Å². The lowest BCUT2D eigenvalue weighted by molar-refractivity contribution is -0.132. The number of nitrogens with zero attached hydrogens (tertiary/aromatic N) is 3. The molecule has 0 spiro atoms. The lowest BCUT2D eigenvalue weighted by atomic mass is 10.1. The third-order valence-corrected chi connectivity index (χ3v) is 4.31. The Morgan fingerprint density at radius 3 is 2.82 bits per heavy atom. The summed E-state index contributed by atoms with van der Waals surface area (Å²) in [5, 5.41) is 3.80. The first kappa shape index (κ1) is 13.4. The number of hydrogen-bond donors (Lipinski definition) is 0. The van der Waals surface area contributed by atoms with Gasteiger partial charge in [-0.25, -0.2) is 4.39 Å². The van der Waals surface area contributed by atoms with Crippen LogP contribution in [0.15, 0.2) is 34.9 Å². The van der Waals surface area contributed by atoms with Crippen molar-refractivity contribution >= 4 is 5.91 Å². The molecule has 0 bridgehead atoms. The Bertz CT molecular complexity index is 698. The lowest BCUT2D eigenvalue weighted by Crippen LogP contribution is -2.33. The number of likely N-dealkylation sites (tertiary alicyclic amines) is 1. The molecule has 1 aromatic carbocycles. The molecule has 1 unspecified atom stereocenters. The van der Waals surface area contributed by atoms with Crippen molar-refractivity contribution in [3.63, 3.8) is 0 Å². The zero-order chi connectivity index (χ0) is 15.2. The van der Waals surface area contributed by atoms with E-state index in [1.54, 1.807) is 4.90 Å². The maximum Gasteiger partial charge on any atom is 0.258 e. The first-order valence-electron chi connectivity index (χ1n) is 7.53. The summed E-state index contributed by atoms with van der Waals surface area (Å²) in [6.45, 7) is 0.442. The number of halogens is 1. The second kappa shape index (κ2) is 4.90. The van der Waals surface area contributed by atoms with Gasteiger partial charge in [0.1, 0.15) is 0 Å². The standard InChI is InChI=1S/C16H16FN3O2/c17-16(8-9-20(10-16)14(21)12-6-7-12)15-18-13(22-19-15)11-4-2-1-3-5-11/h1-5,12H,6-10H2. The van der Waals surface area contributed by atoms with E-state index < -0.39 is 5.67 Å². The molecule has 1 amide bonds. The van der Waals surface area contributed by atoms with Gasteiger partial charge in [-0.3, -0.25) is 4.79 Å².